The maximum atomic E-state index is 2.44. The molecule has 0 amide bonds. The van der Waals surface area contributed by atoms with Crippen LogP contribution in [0.5, 0.6) is 0 Å². The topological polar surface area (TPSA) is 3.24 Å². The fraction of sp³-hybridized carbons (Fsp3) is 0.143. The molecule has 0 spiro atoms. The SMILES string of the molecule is CC1(C)c2ccccc2N(c2ccccc2)c2ccc3c(c21)Cc1ccccc1-3. The molecule has 1 nitrogen and oxygen atoms in total. The summed E-state index contributed by atoms with van der Waals surface area (Å²) in [5.74, 6) is 0. The van der Waals surface area contributed by atoms with Crippen molar-refractivity contribution in [3.05, 3.63) is 113 Å². The van der Waals surface area contributed by atoms with E-state index in [1.54, 1.807) is 0 Å². The van der Waals surface area contributed by atoms with Gasteiger partial charge in [-0.25, -0.2) is 0 Å². The molecule has 1 aliphatic carbocycles. The van der Waals surface area contributed by atoms with Crippen LogP contribution in [0.4, 0.5) is 17.1 Å². The lowest BCUT2D eigenvalue weighted by atomic mass is 9.71. The molecular weight excluding hydrogens is 350 g/mol. The van der Waals surface area contributed by atoms with Crippen molar-refractivity contribution in [2.75, 3.05) is 4.90 Å². The van der Waals surface area contributed by atoms with E-state index >= 15 is 0 Å². The van der Waals surface area contributed by atoms with E-state index in [2.05, 4.69) is 110 Å². The Morgan fingerprint density at radius 2 is 1.38 bits per heavy atom. The first-order chi connectivity index (χ1) is 14.2. The van der Waals surface area contributed by atoms with Crippen molar-refractivity contribution >= 4 is 17.1 Å². The van der Waals surface area contributed by atoms with Crippen LogP contribution in [0.15, 0.2) is 91.0 Å². The van der Waals surface area contributed by atoms with Gasteiger partial charge in [0.05, 0.1) is 11.4 Å². The van der Waals surface area contributed by atoms with Gasteiger partial charge in [0.1, 0.15) is 0 Å². The van der Waals surface area contributed by atoms with Crippen molar-refractivity contribution < 1.29 is 0 Å². The Kier molecular flexibility index (Phi) is 3.35. The average Bonchev–Trinajstić information content (AvgIpc) is 3.13. The zero-order valence-electron chi connectivity index (χ0n) is 16.8. The third-order valence-electron chi connectivity index (χ3n) is 6.66. The molecule has 0 saturated carbocycles. The molecular formula is C28H23N. The maximum absolute atomic E-state index is 2.44. The molecule has 1 heterocycles. The summed E-state index contributed by atoms with van der Waals surface area (Å²) in [5, 5.41) is 0. The normalized spacial score (nSPS) is 15.3. The second-order valence-corrected chi connectivity index (χ2v) is 8.63. The van der Waals surface area contributed by atoms with E-state index in [4.69, 9.17) is 0 Å². The quantitative estimate of drug-likeness (QED) is 0.296. The average molecular weight is 373 g/mol. The number of rotatable bonds is 1. The number of hydrogen-bond acceptors (Lipinski definition) is 1. The van der Waals surface area contributed by atoms with Crippen molar-refractivity contribution in [2.24, 2.45) is 0 Å². The Balaban J connectivity index is 1.68. The Hall–Kier alpha value is -3.32. The van der Waals surface area contributed by atoms with Crippen LogP contribution in [0, 0.1) is 0 Å². The summed E-state index contributed by atoms with van der Waals surface area (Å²) in [4.78, 5) is 2.44. The summed E-state index contributed by atoms with van der Waals surface area (Å²) < 4.78 is 0. The van der Waals surface area contributed by atoms with E-state index in [0.717, 1.165) is 6.42 Å². The molecule has 0 radical (unpaired) electrons. The molecule has 140 valence electrons. The van der Waals surface area contributed by atoms with Gasteiger partial charge in [-0.05, 0) is 64.1 Å². The Morgan fingerprint density at radius 1 is 0.655 bits per heavy atom. The minimum absolute atomic E-state index is 0.0510. The smallest absolute Gasteiger partial charge is 0.0505 e. The first-order valence-corrected chi connectivity index (χ1v) is 10.4. The second-order valence-electron chi connectivity index (χ2n) is 8.63. The molecule has 0 aromatic heterocycles. The molecule has 0 N–H and O–H groups in total. The van der Waals surface area contributed by atoms with Gasteiger partial charge in [0.2, 0.25) is 0 Å². The predicted molar refractivity (Wildman–Crippen MR) is 121 cm³/mol. The van der Waals surface area contributed by atoms with Crippen LogP contribution in [0.25, 0.3) is 11.1 Å². The lowest BCUT2D eigenvalue weighted by Gasteiger charge is -2.43. The molecule has 0 atom stereocenters. The maximum Gasteiger partial charge on any atom is 0.0505 e. The van der Waals surface area contributed by atoms with Gasteiger partial charge in [0.15, 0.2) is 0 Å². The minimum Gasteiger partial charge on any atom is -0.310 e. The molecule has 0 saturated heterocycles. The van der Waals surface area contributed by atoms with Crippen molar-refractivity contribution in [1.82, 2.24) is 0 Å². The van der Waals surface area contributed by atoms with Gasteiger partial charge in [-0.3, -0.25) is 0 Å². The first kappa shape index (κ1) is 16.6. The van der Waals surface area contributed by atoms with Gasteiger partial charge >= 0.3 is 0 Å². The third-order valence-corrected chi connectivity index (χ3v) is 6.66. The van der Waals surface area contributed by atoms with Crippen LogP contribution in [0.1, 0.15) is 36.1 Å². The number of para-hydroxylation sites is 2. The van der Waals surface area contributed by atoms with Crippen LogP contribution in [-0.4, -0.2) is 0 Å². The van der Waals surface area contributed by atoms with Crippen LogP contribution in [0.2, 0.25) is 0 Å². The summed E-state index contributed by atoms with van der Waals surface area (Å²) in [6.45, 7) is 4.77. The Bertz CT molecular complexity index is 1250. The summed E-state index contributed by atoms with van der Waals surface area (Å²) in [5.41, 5.74) is 12.3. The van der Waals surface area contributed by atoms with Gasteiger partial charge < -0.3 is 4.90 Å². The molecule has 0 fully saturated rings. The molecule has 29 heavy (non-hydrogen) atoms. The fourth-order valence-electron chi connectivity index (χ4n) is 5.40. The van der Waals surface area contributed by atoms with E-state index in [0.29, 0.717) is 0 Å². The van der Waals surface area contributed by atoms with Gasteiger partial charge in [-0.15, -0.1) is 0 Å². The van der Waals surface area contributed by atoms with Crippen molar-refractivity contribution in [2.45, 2.75) is 25.7 Å². The monoisotopic (exact) mass is 373 g/mol. The molecule has 1 aliphatic heterocycles. The standard InChI is InChI=1S/C28H23N/c1-28(2)24-14-8-9-15-25(24)29(20-11-4-3-5-12-20)26-17-16-22-21-13-7-6-10-19(21)18-23(22)27(26)28/h3-17H,18H2,1-2H3. The largest absolute Gasteiger partial charge is 0.310 e. The van der Waals surface area contributed by atoms with E-state index < -0.39 is 0 Å². The van der Waals surface area contributed by atoms with Crippen LogP contribution >= 0.6 is 0 Å². The first-order valence-electron chi connectivity index (χ1n) is 10.4. The highest BCUT2D eigenvalue weighted by molar-refractivity contribution is 5.91. The highest BCUT2D eigenvalue weighted by Crippen LogP contribution is 2.55. The number of hydrogen-bond donors (Lipinski definition) is 0. The molecule has 0 bridgehead atoms. The second kappa shape index (κ2) is 5.84. The summed E-state index contributed by atoms with van der Waals surface area (Å²) in [6.07, 6.45) is 1.02. The van der Waals surface area contributed by atoms with Gasteiger partial charge in [0, 0.05) is 11.1 Å². The minimum atomic E-state index is -0.0510. The number of benzene rings is 4. The van der Waals surface area contributed by atoms with E-state index in [1.165, 1.54) is 50.4 Å². The summed E-state index contributed by atoms with van der Waals surface area (Å²) >= 11 is 0. The van der Waals surface area contributed by atoms with Crippen LogP contribution in [0.3, 0.4) is 0 Å². The molecule has 4 aromatic carbocycles. The number of nitrogens with zero attached hydrogens (tertiary/aromatic N) is 1. The van der Waals surface area contributed by atoms with Crippen LogP contribution < -0.4 is 4.90 Å². The molecule has 6 rings (SSSR count). The number of fused-ring (bicyclic) bond motifs is 6. The van der Waals surface area contributed by atoms with E-state index in [9.17, 15) is 0 Å². The van der Waals surface area contributed by atoms with Crippen molar-refractivity contribution in [3.8, 4) is 11.1 Å². The van der Waals surface area contributed by atoms with Gasteiger partial charge in [-0.1, -0.05) is 80.6 Å². The van der Waals surface area contributed by atoms with Crippen molar-refractivity contribution in [1.29, 1.82) is 0 Å². The molecule has 1 heteroatoms. The highest BCUT2D eigenvalue weighted by Gasteiger charge is 2.40. The van der Waals surface area contributed by atoms with Crippen molar-refractivity contribution in [3.63, 3.8) is 0 Å². The Morgan fingerprint density at radius 3 is 2.24 bits per heavy atom. The molecule has 2 aliphatic rings. The van der Waals surface area contributed by atoms with Crippen LogP contribution in [-0.2, 0) is 11.8 Å². The zero-order chi connectivity index (χ0) is 19.6. The molecule has 4 aromatic rings. The summed E-state index contributed by atoms with van der Waals surface area (Å²) in [6, 6.07) is 33.2. The highest BCUT2D eigenvalue weighted by atomic mass is 15.2. The van der Waals surface area contributed by atoms with Gasteiger partial charge in [0.25, 0.3) is 0 Å². The lowest BCUT2D eigenvalue weighted by Crippen LogP contribution is -2.31. The number of anilines is 3. The molecule has 0 unspecified atom stereocenters. The predicted octanol–water partition coefficient (Wildman–Crippen LogP) is 7.37. The lowest BCUT2D eigenvalue weighted by molar-refractivity contribution is 0.626. The third kappa shape index (κ3) is 2.22. The van der Waals surface area contributed by atoms with E-state index in [-0.39, 0.29) is 5.41 Å². The Labute approximate surface area is 172 Å². The fourth-order valence-corrected chi connectivity index (χ4v) is 5.40. The zero-order valence-corrected chi connectivity index (χ0v) is 16.8. The van der Waals surface area contributed by atoms with E-state index in [1.807, 2.05) is 0 Å². The summed E-state index contributed by atoms with van der Waals surface area (Å²) in [7, 11) is 0. The van der Waals surface area contributed by atoms with Gasteiger partial charge in [-0.2, -0.15) is 0 Å².